The third kappa shape index (κ3) is 2.59. The molecule has 9 heteroatoms. The molecule has 0 aliphatic rings. The maximum Gasteiger partial charge on any atom is 0.352 e. The molecule has 0 aliphatic carbocycles. The molecule has 0 spiro atoms. The van der Waals surface area contributed by atoms with Crippen LogP contribution in [-0.4, -0.2) is 30.7 Å². The highest BCUT2D eigenvalue weighted by atomic mass is 16.6. The minimum absolute atomic E-state index is 0.0253. The first-order valence-electron chi connectivity index (χ1n) is 5.40. The van der Waals surface area contributed by atoms with E-state index < -0.39 is 10.9 Å². The fraction of sp³-hybridized carbons (Fsp3) is 0.300. The molecule has 0 aliphatic heterocycles. The second-order valence-corrected chi connectivity index (χ2v) is 3.73. The van der Waals surface area contributed by atoms with Crippen molar-refractivity contribution >= 4 is 11.7 Å². The maximum absolute atomic E-state index is 11.0. The molecule has 2 aromatic rings. The van der Waals surface area contributed by atoms with Crippen molar-refractivity contribution in [2.75, 3.05) is 0 Å². The van der Waals surface area contributed by atoms with Crippen molar-refractivity contribution in [2.24, 2.45) is 0 Å². The van der Waals surface area contributed by atoms with Crippen LogP contribution >= 0.6 is 0 Å². The first-order valence-corrected chi connectivity index (χ1v) is 5.40. The van der Waals surface area contributed by atoms with Crippen molar-refractivity contribution < 1.29 is 19.3 Å². The van der Waals surface area contributed by atoms with Crippen LogP contribution < -0.4 is 0 Å². The number of carbonyl (C=O) groups is 1. The van der Waals surface area contributed by atoms with E-state index in [2.05, 4.69) is 10.1 Å². The molecule has 0 bridgehead atoms. The van der Waals surface area contributed by atoms with Gasteiger partial charge in [-0.25, -0.2) is 4.79 Å². The number of aromatic carboxylic acids is 1. The fourth-order valence-corrected chi connectivity index (χ4v) is 1.55. The van der Waals surface area contributed by atoms with Gasteiger partial charge in [0, 0.05) is 12.5 Å². The highest BCUT2D eigenvalue weighted by Crippen LogP contribution is 2.17. The topological polar surface area (TPSA) is 124 Å². The zero-order valence-corrected chi connectivity index (χ0v) is 9.94. The number of carboxylic acid groups (broad SMARTS) is 1. The van der Waals surface area contributed by atoms with Gasteiger partial charge in [0.05, 0.1) is 11.1 Å². The lowest BCUT2D eigenvalue weighted by atomic mass is 10.4. The summed E-state index contributed by atoms with van der Waals surface area (Å²) in [6.45, 7) is 1.82. The van der Waals surface area contributed by atoms with Gasteiger partial charge >= 0.3 is 5.97 Å². The molecule has 100 valence electrons. The summed E-state index contributed by atoms with van der Waals surface area (Å²) in [5.74, 6) is -0.568. The summed E-state index contributed by atoms with van der Waals surface area (Å²) in [5, 5.41) is 23.3. The van der Waals surface area contributed by atoms with Crippen molar-refractivity contribution in [1.82, 2.24) is 14.7 Å². The Bertz CT molecular complexity index is 630. The Morgan fingerprint density at radius 1 is 1.63 bits per heavy atom. The molecule has 1 N–H and O–H groups in total. The number of hydrogen-bond acceptors (Lipinski definition) is 6. The Kier molecular flexibility index (Phi) is 3.27. The molecule has 0 radical (unpaired) electrons. The van der Waals surface area contributed by atoms with Gasteiger partial charge in [0.25, 0.3) is 5.69 Å². The average molecular weight is 266 g/mol. The third-order valence-electron chi connectivity index (χ3n) is 2.44. The van der Waals surface area contributed by atoms with Crippen LogP contribution in [0.5, 0.6) is 0 Å². The predicted molar refractivity (Wildman–Crippen MR) is 60.8 cm³/mol. The quantitative estimate of drug-likeness (QED) is 0.634. The molecule has 2 heterocycles. The lowest BCUT2D eigenvalue weighted by Crippen LogP contribution is -2.08. The zero-order chi connectivity index (χ0) is 14.0. The Morgan fingerprint density at radius 3 is 2.89 bits per heavy atom. The van der Waals surface area contributed by atoms with Crippen molar-refractivity contribution in [1.29, 1.82) is 0 Å². The molecule has 2 aromatic heterocycles. The number of nitro groups is 1. The van der Waals surface area contributed by atoms with Crippen LogP contribution in [0.4, 0.5) is 5.69 Å². The number of carboxylic acids is 1. The van der Waals surface area contributed by atoms with E-state index in [1.54, 1.807) is 0 Å². The van der Waals surface area contributed by atoms with E-state index in [9.17, 15) is 14.9 Å². The second-order valence-electron chi connectivity index (χ2n) is 3.73. The van der Waals surface area contributed by atoms with Gasteiger partial charge in [-0.3, -0.25) is 10.1 Å². The Labute approximate surface area is 106 Å². The summed E-state index contributed by atoms with van der Waals surface area (Å²) in [7, 11) is 0. The first-order chi connectivity index (χ1) is 9.01. The fourth-order valence-electron chi connectivity index (χ4n) is 1.55. The highest BCUT2D eigenvalue weighted by molar-refractivity contribution is 5.86. The number of aromatic nitrogens is 3. The molecule has 0 saturated carbocycles. The number of hydrogen-bond donors (Lipinski definition) is 1. The van der Waals surface area contributed by atoms with Crippen molar-refractivity contribution in [3.63, 3.8) is 0 Å². The summed E-state index contributed by atoms with van der Waals surface area (Å²) in [4.78, 5) is 25.0. The van der Waals surface area contributed by atoms with E-state index in [0.29, 0.717) is 12.2 Å². The van der Waals surface area contributed by atoms with Gasteiger partial charge in [0.15, 0.2) is 5.82 Å². The molecular formula is C10H10N4O5. The molecule has 0 fully saturated rings. The summed E-state index contributed by atoms with van der Waals surface area (Å²) in [6, 6.07) is 0.986. The lowest BCUT2D eigenvalue weighted by molar-refractivity contribution is -0.384. The van der Waals surface area contributed by atoms with E-state index in [1.807, 2.05) is 6.92 Å². The Morgan fingerprint density at radius 2 is 2.37 bits per heavy atom. The lowest BCUT2D eigenvalue weighted by Gasteiger charge is -2.00. The van der Waals surface area contributed by atoms with Gasteiger partial charge in [-0.2, -0.15) is 4.98 Å². The highest BCUT2D eigenvalue weighted by Gasteiger charge is 2.20. The molecule has 0 unspecified atom stereocenters. The second kappa shape index (κ2) is 4.88. The van der Waals surface area contributed by atoms with Crippen molar-refractivity contribution in [3.8, 4) is 0 Å². The van der Waals surface area contributed by atoms with Crippen LogP contribution in [0.25, 0.3) is 0 Å². The number of rotatable bonds is 5. The van der Waals surface area contributed by atoms with Crippen LogP contribution in [0, 0.1) is 10.1 Å². The minimum atomic E-state index is -1.26. The smallest absolute Gasteiger partial charge is 0.352 e. The first kappa shape index (κ1) is 12.7. The molecule has 0 saturated heterocycles. The van der Waals surface area contributed by atoms with Crippen LogP contribution in [0.3, 0.4) is 0 Å². The van der Waals surface area contributed by atoms with Gasteiger partial charge in [0.1, 0.15) is 12.2 Å². The Balaban J connectivity index is 2.32. The SMILES string of the molecule is CCc1noc(Cn2cc([N+](=O)[O-])cc2C(=O)O)n1. The molecule has 9 nitrogen and oxygen atoms in total. The van der Waals surface area contributed by atoms with Gasteiger partial charge < -0.3 is 14.2 Å². The van der Waals surface area contributed by atoms with E-state index >= 15 is 0 Å². The summed E-state index contributed by atoms with van der Waals surface area (Å²) in [5.41, 5.74) is -0.504. The van der Waals surface area contributed by atoms with Crippen molar-refractivity contribution in [3.05, 3.63) is 39.8 Å². The molecule has 2 rings (SSSR count). The van der Waals surface area contributed by atoms with Gasteiger partial charge in [-0.05, 0) is 0 Å². The van der Waals surface area contributed by atoms with Gasteiger partial charge in [-0.15, -0.1) is 0 Å². The van der Waals surface area contributed by atoms with Crippen LogP contribution in [-0.2, 0) is 13.0 Å². The molecular weight excluding hydrogens is 256 g/mol. The summed E-state index contributed by atoms with van der Waals surface area (Å²) in [6.07, 6.45) is 1.71. The van der Waals surface area contributed by atoms with E-state index in [0.717, 1.165) is 12.3 Å². The molecule has 0 atom stereocenters. The summed E-state index contributed by atoms with van der Waals surface area (Å²) < 4.78 is 6.11. The van der Waals surface area contributed by atoms with E-state index in [1.165, 1.54) is 4.57 Å². The van der Waals surface area contributed by atoms with E-state index in [-0.39, 0.29) is 23.8 Å². The van der Waals surface area contributed by atoms with Gasteiger partial charge in [-0.1, -0.05) is 12.1 Å². The van der Waals surface area contributed by atoms with Crippen LogP contribution in [0.2, 0.25) is 0 Å². The number of aryl methyl sites for hydroxylation is 1. The monoisotopic (exact) mass is 266 g/mol. The zero-order valence-electron chi connectivity index (χ0n) is 9.94. The predicted octanol–water partition coefficient (Wildman–Crippen LogP) is 1.09. The normalized spacial score (nSPS) is 10.6. The van der Waals surface area contributed by atoms with Crippen molar-refractivity contribution in [2.45, 2.75) is 19.9 Å². The van der Waals surface area contributed by atoms with Gasteiger partial charge in [0.2, 0.25) is 5.89 Å². The standard InChI is InChI=1S/C10H10N4O5/c1-2-8-11-9(19-12-8)5-13-4-6(14(17)18)3-7(13)10(15)16/h3-4H,2,5H2,1H3,(H,15,16). The Hall–Kier alpha value is -2.71. The summed E-state index contributed by atoms with van der Waals surface area (Å²) >= 11 is 0. The van der Waals surface area contributed by atoms with Crippen LogP contribution in [0.1, 0.15) is 29.1 Å². The minimum Gasteiger partial charge on any atom is -0.477 e. The van der Waals surface area contributed by atoms with E-state index in [4.69, 9.17) is 9.63 Å². The average Bonchev–Trinajstić information content (AvgIpc) is 2.96. The largest absolute Gasteiger partial charge is 0.477 e. The molecule has 0 aromatic carbocycles. The van der Waals surface area contributed by atoms with Crippen LogP contribution in [0.15, 0.2) is 16.8 Å². The number of nitrogens with zero attached hydrogens (tertiary/aromatic N) is 4. The third-order valence-corrected chi connectivity index (χ3v) is 2.44. The molecule has 19 heavy (non-hydrogen) atoms. The maximum atomic E-state index is 11.0. The molecule has 0 amide bonds.